The van der Waals surface area contributed by atoms with Crippen LogP contribution in [0.25, 0.3) is 5.57 Å². The Kier molecular flexibility index (Phi) is 3.82. The van der Waals surface area contributed by atoms with E-state index in [1.54, 1.807) is 6.92 Å². The van der Waals surface area contributed by atoms with E-state index in [1.165, 1.54) is 7.11 Å². The third-order valence-electron chi connectivity index (χ3n) is 3.42. The number of ketones is 1. The summed E-state index contributed by atoms with van der Waals surface area (Å²) in [6, 6.07) is 9.51. The summed E-state index contributed by atoms with van der Waals surface area (Å²) in [5, 5.41) is 0. The molecule has 0 aliphatic heterocycles. The molecule has 0 spiro atoms. The molecule has 1 aromatic carbocycles. The van der Waals surface area contributed by atoms with E-state index in [1.807, 2.05) is 44.2 Å². The van der Waals surface area contributed by atoms with Crippen LogP contribution in [0.2, 0.25) is 0 Å². The molecular formula is C17H20O3. The van der Waals surface area contributed by atoms with Gasteiger partial charge in [0.15, 0.2) is 5.76 Å². The van der Waals surface area contributed by atoms with Crippen molar-refractivity contribution in [3.8, 4) is 0 Å². The van der Waals surface area contributed by atoms with Crippen LogP contribution in [0.5, 0.6) is 0 Å². The number of rotatable bonds is 5. The van der Waals surface area contributed by atoms with E-state index in [2.05, 4.69) is 6.58 Å². The Balaban J connectivity index is 2.59. The highest BCUT2D eigenvalue weighted by Crippen LogP contribution is 2.48. The van der Waals surface area contributed by atoms with Crippen LogP contribution in [0.4, 0.5) is 0 Å². The average molecular weight is 272 g/mol. The van der Waals surface area contributed by atoms with Gasteiger partial charge in [-0.05, 0) is 31.9 Å². The van der Waals surface area contributed by atoms with Gasteiger partial charge in [-0.2, -0.15) is 0 Å². The van der Waals surface area contributed by atoms with Gasteiger partial charge >= 0.3 is 0 Å². The molecule has 1 unspecified atom stereocenters. The number of hydrogen-bond donors (Lipinski definition) is 0. The lowest BCUT2D eigenvalue weighted by molar-refractivity contribution is -0.136. The van der Waals surface area contributed by atoms with Gasteiger partial charge in [0, 0.05) is 7.11 Å². The molecule has 0 N–H and O–H groups in total. The normalized spacial score (nSPS) is 21.9. The molecule has 20 heavy (non-hydrogen) atoms. The SMILES string of the molecule is C=C(C)C1(OC)C(=O)C(c2ccccc2)=C1OC(C)C. The molecule has 106 valence electrons. The van der Waals surface area contributed by atoms with E-state index >= 15 is 0 Å². The summed E-state index contributed by atoms with van der Waals surface area (Å²) in [5.74, 6) is 0.480. The Morgan fingerprint density at radius 1 is 1.25 bits per heavy atom. The lowest BCUT2D eigenvalue weighted by Gasteiger charge is -2.43. The molecule has 0 aromatic heterocycles. The third-order valence-corrected chi connectivity index (χ3v) is 3.42. The van der Waals surface area contributed by atoms with E-state index in [4.69, 9.17) is 9.47 Å². The summed E-state index contributed by atoms with van der Waals surface area (Å²) in [6.45, 7) is 9.54. The average Bonchev–Trinajstić information content (AvgIpc) is 2.40. The lowest BCUT2D eigenvalue weighted by atomic mass is 9.71. The van der Waals surface area contributed by atoms with Gasteiger partial charge in [0.05, 0.1) is 11.7 Å². The van der Waals surface area contributed by atoms with Crippen molar-refractivity contribution in [2.75, 3.05) is 7.11 Å². The lowest BCUT2D eigenvalue weighted by Crippen LogP contribution is -2.53. The van der Waals surface area contributed by atoms with Crippen molar-refractivity contribution in [3.05, 3.63) is 53.8 Å². The second-order valence-electron chi connectivity index (χ2n) is 5.23. The van der Waals surface area contributed by atoms with Crippen molar-refractivity contribution in [1.82, 2.24) is 0 Å². The molecule has 3 nitrogen and oxygen atoms in total. The van der Waals surface area contributed by atoms with E-state index in [0.29, 0.717) is 16.9 Å². The molecule has 3 heteroatoms. The minimum atomic E-state index is -1.13. The maximum absolute atomic E-state index is 12.6. The summed E-state index contributed by atoms with van der Waals surface area (Å²) in [7, 11) is 1.51. The fourth-order valence-corrected chi connectivity index (χ4v) is 2.49. The second-order valence-corrected chi connectivity index (χ2v) is 5.23. The minimum Gasteiger partial charge on any atom is -0.491 e. The van der Waals surface area contributed by atoms with Crippen LogP contribution < -0.4 is 0 Å². The Bertz CT molecular complexity index is 569. The molecule has 0 fully saturated rings. The first kappa shape index (κ1) is 14.5. The number of carbonyl (C=O) groups is 1. The molecule has 0 saturated heterocycles. The number of benzene rings is 1. The molecule has 1 atom stereocenters. The summed E-state index contributed by atoms with van der Waals surface area (Å²) >= 11 is 0. The van der Waals surface area contributed by atoms with E-state index in [9.17, 15) is 4.79 Å². The molecule has 0 saturated carbocycles. The van der Waals surface area contributed by atoms with E-state index < -0.39 is 5.60 Å². The van der Waals surface area contributed by atoms with Gasteiger partial charge in [0.25, 0.3) is 0 Å². The zero-order chi connectivity index (χ0) is 14.9. The summed E-state index contributed by atoms with van der Waals surface area (Å²) in [6.07, 6.45) is -0.0364. The van der Waals surface area contributed by atoms with Gasteiger partial charge in [0.1, 0.15) is 0 Å². The van der Waals surface area contributed by atoms with E-state index in [0.717, 1.165) is 5.56 Å². The van der Waals surface area contributed by atoms with Crippen LogP contribution >= 0.6 is 0 Å². The topological polar surface area (TPSA) is 35.5 Å². The van der Waals surface area contributed by atoms with Gasteiger partial charge in [0.2, 0.25) is 11.4 Å². The predicted molar refractivity (Wildman–Crippen MR) is 79.1 cm³/mol. The number of ether oxygens (including phenoxy) is 2. The first-order chi connectivity index (χ1) is 9.45. The van der Waals surface area contributed by atoms with Crippen LogP contribution in [0.3, 0.4) is 0 Å². The Morgan fingerprint density at radius 3 is 2.30 bits per heavy atom. The van der Waals surface area contributed by atoms with Crippen LogP contribution in [0.15, 0.2) is 48.2 Å². The first-order valence-corrected chi connectivity index (χ1v) is 6.68. The molecular weight excluding hydrogens is 252 g/mol. The van der Waals surface area contributed by atoms with Crippen molar-refractivity contribution in [3.63, 3.8) is 0 Å². The molecule has 0 bridgehead atoms. The number of Topliss-reactive ketones (excluding diaryl/α,β-unsaturated/α-hetero) is 1. The van der Waals surface area contributed by atoms with Crippen molar-refractivity contribution >= 4 is 11.4 Å². The fraction of sp³-hybridized carbons (Fsp3) is 0.353. The largest absolute Gasteiger partial charge is 0.491 e. The molecule has 0 amide bonds. The first-order valence-electron chi connectivity index (χ1n) is 6.68. The highest BCUT2D eigenvalue weighted by molar-refractivity contribution is 6.35. The van der Waals surface area contributed by atoms with Crippen molar-refractivity contribution in [2.45, 2.75) is 32.5 Å². The standard InChI is InChI=1S/C17H20O3/c1-11(2)17(19-5)15(18)14(16(17)20-12(3)4)13-9-7-6-8-10-13/h6-10,12H,1H2,2-5H3. The smallest absolute Gasteiger partial charge is 0.210 e. The second kappa shape index (κ2) is 5.25. The summed E-state index contributed by atoms with van der Waals surface area (Å²) in [5.41, 5.74) is 0.946. The highest BCUT2D eigenvalue weighted by atomic mass is 16.6. The number of carbonyl (C=O) groups excluding carboxylic acids is 1. The van der Waals surface area contributed by atoms with Gasteiger partial charge < -0.3 is 9.47 Å². The minimum absolute atomic E-state index is 0.0364. The third kappa shape index (κ3) is 1.98. The van der Waals surface area contributed by atoms with Crippen molar-refractivity contribution < 1.29 is 14.3 Å². The molecule has 2 rings (SSSR count). The fourth-order valence-electron chi connectivity index (χ4n) is 2.49. The number of hydrogen-bond acceptors (Lipinski definition) is 3. The molecule has 1 aliphatic rings. The maximum Gasteiger partial charge on any atom is 0.210 e. The predicted octanol–water partition coefficient (Wildman–Crippen LogP) is 3.37. The van der Waals surface area contributed by atoms with Crippen LogP contribution in [0.1, 0.15) is 26.3 Å². The Hall–Kier alpha value is -1.87. The summed E-state index contributed by atoms with van der Waals surface area (Å²) < 4.78 is 11.3. The van der Waals surface area contributed by atoms with Crippen LogP contribution in [-0.2, 0) is 14.3 Å². The van der Waals surface area contributed by atoms with Crippen molar-refractivity contribution in [2.24, 2.45) is 0 Å². The van der Waals surface area contributed by atoms with Crippen molar-refractivity contribution in [1.29, 1.82) is 0 Å². The van der Waals surface area contributed by atoms with E-state index in [-0.39, 0.29) is 11.9 Å². The van der Waals surface area contributed by atoms with Crippen LogP contribution in [0, 0.1) is 0 Å². The molecule has 1 aliphatic carbocycles. The molecule has 0 heterocycles. The summed E-state index contributed by atoms with van der Waals surface area (Å²) in [4.78, 5) is 12.6. The zero-order valence-electron chi connectivity index (χ0n) is 12.4. The quantitative estimate of drug-likeness (QED) is 0.771. The van der Waals surface area contributed by atoms with Crippen LogP contribution in [-0.4, -0.2) is 24.6 Å². The monoisotopic (exact) mass is 272 g/mol. The maximum atomic E-state index is 12.6. The van der Waals surface area contributed by atoms with Gasteiger partial charge in [-0.3, -0.25) is 4.79 Å². The number of methoxy groups -OCH3 is 1. The highest BCUT2D eigenvalue weighted by Gasteiger charge is 2.57. The Labute approximate surface area is 119 Å². The van der Waals surface area contributed by atoms with Gasteiger partial charge in [-0.25, -0.2) is 0 Å². The molecule has 0 radical (unpaired) electrons. The Morgan fingerprint density at radius 2 is 1.85 bits per heavy atom. The van der Waals surface area contributed by atoms with Gasteiger partial charge in [-0.1, -0.05) is 36.9 Å². The van der Waals surface area contributed by atoms with Gasteiger partial charge in [-0.15, -0.1) is 0 Å². The molecule has 1 aromatic rings. The zero-order valence-corrected chi connectivity index (χ0v) is 12.4.